The standard InChI is InChI=1S/C16H20N2OS/c1-11-5-12(2)16(13(3)6-11)15(19)8-18(4)7-14-9-20-10-17-14/h5-6,9-10H,7-8H2,1-4H3. The summed E-state index contributed by atoms with van der Waals surface area (Å²) in [7, 11) is 1.95. The molecule has 0 aliphatic heterocycles. The van der Waals surface area contributed by atoms with Crippen molar-refractivity contribution in [1.82, 2.24) is 9.88 Å². The fourth-order valence-corrected chi connectivity index (χ4v) is 3.14. The summed E-state index contributed by atoms with van der Waals surface area (Å²) in [6, 6.07) is 4.14. The number of ketones is 1. The van der Waals surface area contributed by atoms with Crippen LogP contribution in [0.4, 0.5) is 0 Å². The maximum atomic E-state index is 12.5. The van der Waals surface area contributed by atoms with Crippen molar-refractivity contribution in [3.05, 3.63) is 51.0 Å². The van der Waals surface area contributed by atoms with E-state index in [1.165, 1.54) is 5.56 Å². The maximum Gasteiger partial charge on any atom is 0.177 e. The van der Waals surface area contributed by atoms with Crippen molar-refractivity contribution in [2.45, 2.75) is 27.3 Å². The molecule has 0 saturated carbocycles. The number of aryl methyl sites for hydroxylation is 3. The first kappa shape index (κ1) is 14.9. The monoisotopic (exact) mass is 288 g/mol. The third kappa shape index (κ3) is 3.52. The zero-order valence-corrected chi connectivity index (χ0v) is 13.3. The lowest BCUT2D eigenvalue weighted by Gasteiger charge is -2.16. The summed E-state index contributed by atoms with van der Waals surface area (Å²) in [6.07, 6.45) is 0. The average Bonchev–Trinajstić information content (AvgIpc) is 2.79. The summed E-state index contributed by atoms with van der Waals surface area (Å²) in [6.45, 7) is 7.20. The number of likely N-dealkylation sites (N-methyl/N-ethyl adjacent to an activating group) is 1. The Balaban J connectivity index is 2.08. The zero-order chi connectivity index (χ0) is 14.7. The third-order valence-corrected chi connectivity index (χ3v) is 3.92. The Labute approximate surface area is 124 Å². The van der Waals surface area contributed by atoms with Gasteiger partial charge in [-0.25, -0.2) is 4.98 Å². The molecule has 106 valence electrons. The first-order valence-electron chi connectivity index (χ1n) is 6.64. The van der Waals surface area contributed by atoms with E-state index < -0.39 is 0 Å². The molecule has 0 aliphatic rings. The molecular formula is C16H20N2OS. The Bertz CT molecular complexity index is 582. The van der Waals surface area contributed by atoms with Crippen molar-refractivity contribution in [2.24, 2.45) is 0 Å². The van der Waals surface area contributed by atoms with Crippen molar-refractivity contribution < 1.29 is 4.79 Å². The molecule has 0 bridgehead atoms. The van der Waals surface area contributed by atoms with Gasteiger partial charge in [0.15, 0.2) is 5.78 Å². The van der Waals surface area contributed by atoms with Gasteiger partial charge in [0.25, 0.3) is 0 Å². The Morgan fingerprint density at radius 1 is 1.25 bits per heavy atom. The molecule has 0 amide bonds. The summed E-state index contributed by atoms with van der Waals surface area (Å²) in [5, 5.41) is 2.02. The number of hydrogen-bond acceptors (Lipinski definition) is 4. The molecular weight excluding hydrogens is 268 g/mol. The Morgan fingerprint density at radius 2 is 1.90 bits per heavy atom. The van der Waals surface area contributed by atoms with Crippen LogP contribution in [0.15, 0.2) is 23.0 Å². The maximum absolute atomic E-state index is 12.5. The molecule has 0 atom stereocenters. The van der Waals surface area contributed by atoms with Gasteiger partial charge in [0.1, 0.15) is 0 Å². The fourth-order valence-electron chi connectivity index (χ4n) is 2.59. The van der Waals surface area contributed by atoms with Crippen LogP contribution in [-0.2, 0) is 6.54 Å². The van der Waals surface area contributed by atoms with E-state index in [4.69, 9.17) is 0 Å². The van der Waals surface area contributed by atoms with E-state index in [9.17, 15) is 4.79 Å². The lowest BCUT2D eigenvalue weighted by atomic mass is 9.96. The summed E-state index contributed by atoms with van der Waals surface area (Å²) in [5.41, 5.74) is 7.03. The molecule has 4 heteroatoms. The molecule has 2 aromatic rings. The third-order valence-electron chi connectivity index (χ3n) is 3.28. The highest BCUT2D eigenvalue weighted by Gasteiger charge is 2.15. The first-order valence-corrected chi connectivity index (χ1v) is 7.58. The second kappa shape index (κ2) is 6.29. The number of aromatic nitrogens is 1. The molecule has 1 heterocycles. The largest absolute Gasteiger partial charge is 0.293 e. The van der Waals surface area contributed by atoms with Crippen LogP contribution < -0.4 is 0 Å². The van der Waals surface area contributed by atoms with Gasteiger partial charge in [-0.05, 0) is 38.9 Å². The second-order valence-electron chi connectivity index (χ2n) is 5.35. The van der Waals surface area contributed by atoms with Crippen LogP contribution >= 0.6 is 11.3 Å². The van der Waals surface area contributed by atoms with Gasteiger partial charge < -0.3 is 0 Å². The number of thiazole rings is 1. The Morgan fingerprint density at radius 3 is 2.45 bits per heavy atom. The molecule has 0 unspecified atom stereocenters. The second-order valence-corrected chi connectivity index (χ2v) is 6.07. The minimum absolute atomic E-state index is 0.178. The lowest BCUT2D eigenvalue weighted by Crippen LogP contribution is -2.26. The van der Waals surface area contributed by atoms with Gasteiger partial charge in [0.2, 0.25) is 0 Å². The van der Waals surface area contributed by atoms with Gasteiger partial charge in [-0.3, -0.25) is 9.69 Å². The molecule has 0 N–H and O–H groups in total. The highest BCUT2D eigenvalue weighted by molar-refractivity contribution is 7.07. The van der Waals surface area contributed by atoms with E-state index in [0.29, 0.717) is 13.1 Å². The number of carbonyl (C=O) groups excluding carboxylic acids is 1. The first-order chi connectivity index (χ1) is 9.47. The van der Waals surface area contributed by atoms with Crippen LogP contribution in [0.3, 0.4) is 0 Å². The van der Waals surface area contributed by atoms with Gasteiger partial charge in [0, 0.05) is 17.5 Å². The smallest absolute Gasteiger partial charge is 0.177 e. The van der Waals surface area contributed by atoms with Crippen LogP contribution in [0.25, 0.3) is 0 Å². The predicted octanol–water partition coefficient (Wildman–Crippen LogP) is 3.38. The topological polar surface area (TPSA) is 33.2 Å². The number of nitrogens with zero attached hydrogens (tertiary/aromatic N) is 2. The quantitative estimate of drug-likeness (QED) is 0.791. The normalized spacial score (nSPS) is 11.1. The van der Waals surface area contributed by atoms with Gasteiger partial charge in [-0.15, -0.1) is 11.3 Å². The van der Waals surface area contributed by atoms with Crippen LogP contribution in [0.2, 0.25) is 0 Å². The summed E-state index contributed by atoms with van der Waals surface area (Å²) < 4.78 is 0. The summed E-state index contributed by atoms with van der Waals surface area (Å²) in [5.74, 6) is 0.178. The minimum atomic E-state index is 0.178. The van der Waals surface area contributed by atoms with Crippen molar-refractivity contribution in [1.29, 1.82) is 0 Å². The van der Waals surface area contributed by atoms with Crippen LogP contribution in [0, 0.1) is 20.8 Å². The van der Waals surface area contributed by atoms with E-state index in [0.717, 1.165) is 22.4 Å². The SMILES string of the molecule is Cc1cc(C)c(C(=O)CN(C)Cc2cscn2)c(C)c1. The molecule has 1 aromatic carbocycles. The average molecular weight is 288 g/mol. The van der Waals surface area contributed by atoms with Gasteiger partial charge >= 0.3 is 0 Å². The number of benzene rings is 1. The number of Topliss-reactive ketones (excluding diaryl/α,β-unsaturated/α-hetero) is 1. The predicted molar refractivity (Wildman–Crippen MR) is 83.4 cm³/mol. The molecule has 0 radical (unpaired) electrons. The number of hydrogen-bond donors (Lipinski definition) is 0. The lowest BCUT2D eigenvalue weighted by molar-refractivity contribution is 0.0941. The molecule has 0 fully saturated rings. The van der Waals surface area contributed by atoms with Crippen molar-refractivity contribution in [2.75, 3.05) is 13.6 Å². The highest BCUT2D eigenvalue weighted by Crippen LogP contribution is 2.17. The van der Waals surface area contributed by atoms with Crippen LogP contribution in [0.5, 0.6) is 0 Å². The summed E-state index contributed by atoms with van der Waals surface area (Å²) >= 11 is 1.58. The van der Waals surface area contributed by atoms with Crippen molar-refractivity contribution in [3.63, 3.8) is 0 Å². The summed E-state index contributed by atoms with van der Waals surface area (Å²) in [4.78, 5) is 18.7. The van der Waals surface area contributed by atoms with Gasteiger partial charge in [-0.1, -0.05) is 17.7 Å². The molecule has 0 aliphatic carbocycles. The molecule has 1 aromatic heterocycles. The van der Waals surface area contributed by atoms with Crippen molar-refractivity contribution >= 4 is 17.1 Å². The molecule has 0 spiro atoms. The van der Waals surface area contributed by atoms with Gasteiger partial charge in [-0.2, -0.15) is 0 Å². The number of carbonyl (C=O) groups is 1. The highest BCUT2D eigenvalue weighted by atomic mass is 32.1. The van der Waals surface area contributed by atoms with E-state index in [1.54, 1.807) is 11.3 Å². The molecule has 3 nitrogen and oxygen atoms in total. The molecule has 20 heavy (non-hydrogen) atoms. The zero-order valence-electron chi connectivity index (χ0n) is 12.4. The van der Waals surface area contributed by atoms with Gasteiger partial charge in [0.05, 0.1) is 17.7 Å². The minimum Gasteiger partial charge on any atom is -0.293 e. The van der Waals surface area contributed by atoms with E-state index in [-0.39, 0.29) is 5.78 Å². The molecule has 0 saturated heterocycles. The van der Waals surface area contributed by atoms with Crippen LogP contribution in [-0.4, -0.2) is 29.3 Å². The van der Waals surface area contributed by atoms with Crippen LogP contribution in [0.1, 0.15) is 32.7 Å². The van der Waals surface area contributed by atoms with E-state index >= 15 is 0 Å². The Kier molecular flexibility index (Phi) is 4.68. The number of rotatable bonds is 5. The fraction of sp³-hybridized carbons (Fsp3) is 0.375. The van der Waals surface area contributed by atoms with Crippen molar-refractivity contribution in [3.8, 4) is 0 Å². The molecule has 2 rings (SSSR count). The Hall–Kier alpha value is -1.52. The van der Waals surface area contributed by atoms with E-state index in [1.807, 2.05) is 36.7 Å². The van der Waals surface area contributed by atoms with E-state index in [2.05, 4.69) is 24.0 Å².